The molecule has 0 heterocycles. The Labute approximate surface area is 128 Å². The number of alkyl carbamates (subject to hydrolysis) is 1. The lowest BCUT2D eigenvalue weighted by Gasteiger charge is -2.02. The first kappa shape index (κ1) is 18.5. The summed E-state index contributed by atoms with van der Waals surface area (Å²) < 4.78 is 8.75. The van der Waals surface area contributed by atoms with Crippen molar-refractivity contribution in [2.75, 3.05) is 20.3 Å². The van der Waals surface area contributed by atoms with Gasteiger partial charge in [0.05, 0.1) is 13.7 Å². The number of nitrogens with one attached hydrogen (secondary N) is 1. The molecule has 7 heteroatoms. The largest absolute Gasteiger partial charge is 0.468 e. The molecule has 0 saturated carbocycles. The summed E-state index contributed by atoms with van der Waals surface area (Å²) >= 11 is 11.4. The number of hydrogen-bond acceptors (Lipinski definition) is 4. The summed E-state index contributed by atoms with van der Waals surface area (Å²) in [6, 6.07) is 5.45. The second-order valence-electron chi connectivity index (χ2n) is 3.54. The molecule has 0 unspecified atom stereocenters. The van der Waals surface area contributed by atoms with Gasteiger partial charge in [-0.2, -0.15) is 0 Å². The van der Waals surface area contributed by atoms with Crippen molar-refractivity contribution in [3.05, 3.63) is 33.8 Å². The third-order valence-corrected chi connectivity index (χ3v) is 2.66. The van der Waals surface area contributed by atoms with Crippen molar-refractivity contribution in [1.29, 1.82) is 0 Å². The number of rotatable bonds is 3. The lowest BCUT2D eigenvalue weighted by Crippen LogP contribution is -2.30. The standard InChI is InChI=1S/C7H6Cl2.C6H11NO4/c1-5-2-3-6(8)4-7(5)9;1-3-11-6(9)7-4-5(8)10-2/h2-4H,1H3;3-4H2,1-2H3,(H,7,9). The van der Waals surface area contributed by atoms with Gasteiger partial charge in [-0.1, -0.05) is 29.3 Å². The summed E-state index contributed by atoms with van der Waals surface area (Å²) in [5, 5.41) is 3.61. The van der Waals surface area contributed by atoms with E-state index in [1.54, 1.807) is 13.0 Å². The molecule has 20 heavy (non-hydrogen) atoms. The first-order valence-electron chi connectivity index (χ1n) is 5.79. The van der Waals surface area contributed by atoms with Gasteiger partial charge in [0, 0.05) is 10.0 Å². The van der Waals surface area contributed by atoms with E-state index >= 15 is 0 Å². The van der Waals surface area contributed by atoms with Crippen LogP contribution in [0, 0.1) is 6.92 Å². The molecule has 112 valence electrons. The second kappa shape index (κ2) is 10.3. The van der Waals surface area contributed by atoms with Gasteiger partial charge in [-0.25, -0.2) is 4.79 Å². The zero-order chi connectivity index (χ0) is 15.5. The third-order valence-electron chi connectivity index (χ3n) is 2.01. The van der Waals surface area contributed by atoms with Crippen molar-refractivity contribution in [1.82, 2.24) is 5.32 Å². The van der Waals surface area contributed by atoms with Gasteiger partial charge < -0.3 is 14.8 Å². The number of halogens is 2. The second-order valence-corrected chi connectivity index (χ2v) is 4.39. The number of esters is 1. The van der Waals surface area contributed by atoms with Gasteiger partial charge in [0.1, 0.15) is 6.54 Å². The third kappa shape index (κ3) is 8.61. The van der Waals surface area contributed by atoms with Crippen LogP contribution in [0.5, 0.6) is 0 Å². The average Bonchev–Trinajstić information content (AvgIpc) is 2.41. The van der Waals surface area contributed by atoms with Crippen molar-refractivity contribution < 1.29 is 19.1 Å². The summed E-state index contributed by atoms with van der Waals surface area (Å²) in [6.45, 7) is 3.75. The van der Waals surface area contributed by atoms with Crippen LogP contribution in [-0.2, 0) is 14.3 Å². The van der Waals surface area contributed by atoms with Crippen LogP contribution in [0.25, 0.3) is 0 Å². The van der Waals surface area contributed by atoms with Crippen LogP contribution in [0.4, 0.5) is 4.79 Å². The Balaban J connectivity index is 0.000000367. The van der Waals surface area contributed by atoms with Crippen LogP contribution in [-0.4, -0.2) is 32.3 Å². The fraction of sp³-hybridized carbons (Fsp3) is 0.385. The van der Waals surface area contributed by atoms with Gasteiger partial charge in [0.25, 0.3) is 0 Å². The molecule has 1 aromatic rings. The molecule has 0 aliphatic rings. The van der Waals surface area contributed by atoms with E-state index in [-0.39, 0.29) is 13.2 Å². The molecule has 0 aromatic heterocycles. The van der Waals surface area contributed by atoms with E-state index in [1.165, 1.54) is 7.11 Å². The molecule has 1 aromatic carbocycles. The molecule has 0 radical (unpaired) electrons. The molecule has 0 saturated heterocycles. The highest BCUT2D eigenvalue weighted by molar-refractivity contribution is 6.35. The van der Waals surface area contributed by atoms with Crippen LogP contribution in [0.2, 0.25) is 10.0 Å². The highest BCUT2D eigenvalue weighted by Crippen LogP contribution is 2.19. The maximum atomic E-state index is 10.5. The SMILES string of the molecule is CCOC(=O)NCC(=O)OC.Cc1ccc(Cl)cc1Cl. The highest BCUT2D eigenvalue weighted by Gasteiger charge is 2.03. The smallest absolute Gasteiger partial charge is 0.407 e. The summed E-state index contributed by atoms with van der Waals surface area (Å²) in [5.74, 6) is -0.502. The monoisotopic (exact) mass is 321 g/mol. The van der Waals surface area contributed by atoms with E-state index in [0.717, 1.165) is 10.6 Å². The first-order valence-corrected chi connectivity index (χ1v) is 6.55. The normalized spacial score (nSPS) is 9.05. The molecule has 0 atom stereocenters. The maximum Gasteiger partial charge on any atom is 0.407 e. The van der Waals surface area contributed by atoms with E-state index in [9.17, 15) is 9.59 Å². The van der Waals surface area contributed by atoms with Gasteiger partial charge in [0.2, 0.25) is 0 Å². The lowest BCUT2D eigenvalue weighted by atomic mass is 10.2. The molecule has 1 rings (SSSR count). The van der Waals surface area contributed by atoms with Gasteiger partial charge in [-0.05, 0) is 31.5 Å². The summed E-state index contributed by atoms with van der Waals surface area (Å²) in [6.07, 6.45) is -0.613. The molecule has 5 nitrogen and oxygen atoms in total. The summed E-state index contributed by atoms with van der Waals surface area (Å²) in [5.41, 5.74) is 1.06. The molecule has 0 aliphatic carbocycles. The number of aryl methyl sites for hydroxylation is 1. The topological polar surface area (TPSA) is 64.6 Å². The van der Waals surface area contributed by atoms with Gasteiger partial charge >= 0.3 is 12.1 Å². The minimum Gasteiger partial charge on any atom is -0.468 e. The number of hydrogen-bond donors (Lipinski definition) is 1. The van der Waals surface area contributed by atoms with Crippen molar-refractivity contribution in [3.8, 4) is 0 Å². The Hall–Kier alpha value is -1.46. The Morgan fingerprint density at radius 1 is 1.30 bits per heavy atom. The van der Waals surface area contributed by atoms with Crippen LogP contribution < -0.4 is 5.32 Å². The number of methoxy groups -OCH3 is 1. The van der Waals surface area contributed by atoms with Crippen LogP contribution in [0.3, 0.4) is 0 Å². The van der Waals surface area contributed by atoms with E-state index < -0.39 is 12.1 Å². The predicted octanol–water partition coefficient (Wildman–Crippen LogP) is 3.21. The Bertz CT molecular complexity index is 452. The Morgan fingerprint density at radius 3 is 2.40 bits per heavy atom. The van der Waals surface area contributed by atoms with Crippen molar-refractivity contribution in [2.24, 2.45) is 0 Å². The van der Waals surface area contributed by atoms with E-state index in [0.29, 0.717) is 5.02 Å². The average molecular weight is 322 g/mol. The Kier molecular flexibility index (Phi) is 9.59. The number of ether oxygens (including phenoxy) is 2. The van der Waals surface area contributed by atoms with Crippen molar-refractivity contribution >= 4 is 35.3 Å². The van der Waals surface area contributed by atoms with Gasteiger partial charge in [-0.15, -0.1) is 0 Å². The van der Waals surface area contributed by atoms with Gasteiger partial charge in [-0.3, -0.25) is 4.79 Å². The molecular formula is C13H17Cl2NO4. The van der Waals surface area contributed by atoms with E-state index in [4.69, 9.17) is 23.2 Å². The van der Waals surface area contributed by atoms with Crippen LogP contribution in [0.15, 0.2) is 18.2 Å². The number of amides is 1. The Morgan fingerprint density at radius 2 is 1.95 bits per heavy atom. The lowest BCUT2D eigenvalue weighted by molar-refractivity contribution is -0.139. The van der Waals surface area contributed by atoms with Crippen LogP contribution in [0.1, 0.15) is 12.5 Å². The molecule has 1 amide bonds. The number of carbonyl (C=O) groups is 2. The molecular weight excluding hydrogens is 305 g/mol. The fourth-order valence-corrected chi connectivity index (χ4v) is 1.37. The highest BCUT2D eigenvalue weighted by atomic mass is 35.5. The number of carbonyl (C=O) groups excluding carboxylic acids is 2. The zero-order valence-electron chi connectivity index (χ0n) is 11.5. The van der Waals surface area contributed by atoms with E-state index in [2.05, 4.69) is 14.8 Å². The van der Waals surface area contributed by atoms with Crippen molar-refractivity contribution in [3.63, 3.8) is 0 Å². The maximum absolute atomic E-state index is 10.5. The quantitative estimate of drug-likeness (QED) is 0.868. The first-order chi connectivity index (χ1) is 9.40. The minimum absolute atomic E-state index is 0.157. The fourth-order valence-electron chi connectivity index (χ4n) is 0.966. The molecule has 0 spiro atoms. The summed E-state index contributed by atoms with van der Waals surface area (Å²) in [7, 11) is 1.25. The van der Waals surface area contributed by atoms with Gasteiger partial charge in [0.15, 0.2) is 0 Å². The predicted molar refractivity (Wildman–Crippen MR) is 78.2 cm³/mol. The zero-order valence-corrected chi connectivity index (χ0v) is 13.0. The number of benzene rings is 1. The minimum atomic E-state index is -0.613. The molecule has 0 aliphatic heterocycles. The molecule has 0 fully saturated rings. The molecule has 1 N–H and O–H groups in total. The van der Waals surface area contributed by atoms with Crippen molar-refractivity contribution in [2.45, 2.75) is 13.8 Å². The molecule has 0 bridgehead atoms. The summed E-state index contributed by atoms with van der Waals surface area (Å²) in [4.78, 5) is 21.0. The van der Waals surface area contributed by atoms with Crippen LogP contribution >= 0.6 is 23.2 Å². The van der Waals surface area contributed by atoms with E-state index in [1.807, 2.05) is 19.1 Å².